The molecule has 0 fully saturated rings. The number of halogens is 2. The number of nitrogens with zero attached hydrogens (tertiary/aromatic N) is 1. The largest absolute Gasteiger partial charge is 0.398 e. The van der Waals surface area contributed by atoms with Gasteiger partial charge in [0, 0.05) is 24.0 Å². The minimum absolute atomic E-state index is 0. The summed E-state index contributed by atoms with van der Waals surface area (Å²) in [5.74, 6) is -0.135. The Morgan fingerprint density at radius 1 is 1.33 bits per heavy atom. The highest BCUT2D eigenvalue weighted by molar-refractivity contribution is 7.09. The maximum absolute atomic E-state index is 11.9. The highest BCUT2D eigenvalue weighted by atomic mass is 35.5. The van der Waals surface area contributed by atoms with Crippen molar-refractivity contribution in [2.45, 2.75) is 19.8 Å². The third-order valence-electron chi connectivity index (χ3n) is 2.77. The van der Waals surface area contributed by atoms with Gasteiger partial charge in [-0.1, -0.05) is 19.1 Å². The van der Waals surface area contributed by atoms with Gasteiger partial charge in [0.15, 0.2) is 0 Å². The molecule has 0 aliphatic heterocycles. The van der Waals surface area contributed by atoms with Crippen LogP contribution in [0.2, 0.25) is 0 Å². The van der Waals surface area contributed by atoms with Gasteiger partial charge in [-0.25, -0.2) is 4.98 Å². The summed E-state index contributed by atoms with van der Waals surface area (Å²) in [5.41, 5.74) is 7.81. The Morgan fingerprint density at radius 2 is 2.05 bits per heavy atom. The minimum Gasteiger partial charge on any atom is -0.398 e. The van der Waals surface area contributed by atoms with Crippen molar-refractivity contribution in [2.75, 3.05) is 12.3 Å². The molecule has 0 radical (unpaired) electrons. The summed E-state index contributed by atoms with van der Waals surface area (Å²) in [6.07, 6.45) is 1.70. The number of nitrogens with one attached hydrogen (secondary N) is 1. The van der Waals surface area contributed by atoms with Gasteiger partial charge >= 0.3 is 0 Å². The van der Waals surface area contributed by atoms with Crippen molar-refractivity contribution in [3.8, 4) is 0 Å². The molecule has 1 amide bonds. The third-order valence-corrected chi connectivity index (χ3v) is 3.82. The van der Waals surface area contributed by atoms with Crippen LogP contribution in [0.15, 0.2) is 29.6 Å². The Hall–Kier alpha value is -1.30. The van der Waals surface area contributed by atoms with Gasteiger partial charge in [0.2, 0.25) is 0 Å². The van der Waals surface area contributed by atoms with Crippen molar-refractivity contribution in [1.29, 1.82) is 0 Å². The molecular weight excluding hydrogens is 329 g/mol. The molecule has 4 nitrogen and oxygen atoms in total. The van der Waals surface area contributed by atoms with E-state index < -0.39 is 0 Å². The molecule has 0 aliphatic rings. The number of anilines is 1. The first-order chi connectivity index (χ1) is 9.20. The number of carbonyl (C=O) groups is 1. The molecule has 0 saturated carbocycles. The number of carbonyl (C=O) groups excluding carboxylic acids is 1. The standard InChI is InChI=1S/C14H17N3OS.2ClH/c1-2-13-17-10(9-19-13)7-8-16-14(18)11-5-3-4-6-12(11)15;;/h3-6,9H,2,7-8,15H2,1H3,(H,16,18);2*1H. The minimum atomic E-state index is -0.135. The molecule has 0 bridgehead atoms. The van der Waals surface area contributed by atoms with Crippen LogP contribution in [0.4, 0.5) is 5.69 Å². The lowest BCUT2D eigenvalue weighted by Gasteiger charge is -2.06. The summed E-state index contributed by atoms with van der Waals surface area (Å²) in [7, 11) is 0. The smallest absolute Gasteiger partial charge is 0.253 e. The van der Waals surface area contributed by atoms with Crippen LogP contribution < -0.4 is 11.1 Å². The molecule has 21 heavy (non-hydrogen) atoms. The number of amides is 1. The fraction of sp³-hybridized carbons (Fsp3) is 0.286. The van der Waals surface area contributed by atoms with E-state index in [1.165, 1.54) is 0 Å². The van der Waals surface area contributed by atoms with Gasteiger partial charge in [-0.05, 0) is 18.6 Å². The van der Waals surface area contributed by atoms with Crippen molar-refractivity contribution in [3.63, 3.8) is 0 Å². The van der Waals surface area contributed by atoms with Crippen LogP contribution >= 0.6 is 36.2 Å². The van der Waals surface area contributed by atoms with Crippen LogP contribution in [0.3, 0.4) is 0 Å². The van der Waals surface area contributed by atoms with Gasteiger partial charge in [0.05, 0.1) is 16.3 Å². The average Bonchev–Trinajstić information content (AvgIpc) is 2.87. The van der Waals surface area contributed by atoms with Crippen LogP contribution in [0.1, 0.15) is 28.0 Å². The van der Waals surface area contributed by atoms with Crippen molar-refractivity contribution in [2.24, 2.45) is 0 Å². The summed E-state index contributed by atoms with van der Waals surface area (Å²) in [6, 6.07) is 7.07. The van der Waals surface area contributed by atoms with E-state index in [0.29, 0.717) is 17.8 Å². The van der Waals surface area contributed by atoms with Gasteiger partial charge in [-0.2, -0.15) is 0 Å². The van der Waals surface area contributed by atoms with Crippen LogP contribution in [0, 0.1) is 0 Å². The van der Waals surface area contributed by atoms with Gasteiger partial charge < -0.3 is 11.1 Å². The van der Waals surface area contributed by atoms with Gasteiger partial charge in [0.1, 0.15) is 0 Å². The highest BCUT2D eigenvalue weighted by Crippen LogP contribution is 2.11. The molecule has 3 N–H and O–H groups in total. The van der Waals surface area contributed by atoms with E-state index in [4.69, 9.17) is 5.73 Å². The van der Waals surface area contributed by atoms with E-state index >= 15 is 0 Å². The van der Waals surface area contributed by atoms with E-state index in [1.807, 2.05) is 11.4 Å². The number of aryl methyl sites for hydroxylation is 1. The fourth-order valence-corrected chi connectivity index (χ4v) is 2.51. The first-order valence-electron chi connectivity index (χ1n) is 6.26. The van der Waals surface area contributed by atoms with Crippen LogP contribution in [0.25, 0.3) is 0 Å². The van der Waals surface area contributed by atoms with Crippen molar-refractivity contribution >= 4 is 47.7 Å². The number of benzene rings is 1. The number of aromatic nitrogens is 1. The lowest BCUT2D eigenvalue weighted by molar-refractivity contribution is 0.0955. The second kappa shape index (κ2) is 9.60. The second-order valence-electron chi connectivity index (χ2n) is 4.18. The number of hydrogen-bond acceptors (Lipinski definition) is 4. The number of rotatable bonds is 5. The Kier molecular flexibility index (Phi) is 9.01. The molecule has 0 unspecified atom stereocenters. The first-order valence-corrected chi connectivity index (χ1v) is 7.14. The van der Waals surface area contributed by atoms with E-state index in [1.54, 1.807) is 29.5 Å². The Labute approximate surface area is 141 Å². The quantitative estimate of drug-likeness (QED) is 0.816. The lowest BCUT2D eigenvalue weighted by Crippen LogP contribution is -2.26. The normalized spacial score (nSPS) is 9.38. The summed E-state index contributed by atoms with van der Waals surface area (Å²) in [6.45, 7) is 2.66. The Balaban J connectivity index is 0.00000200. The van der Waals surface area contributed by atoms with Gasteiger partial charge in [-0.3, -0.25) is 4.79 Å². The predicted octanol–water partition coefficient (Wildman–Crippen LogP) is 3.10. The molecule has 1 aromatic carbocycles. The van der Waals surface area contributed by atoms with E-state index in [2.05, 4.69) is 17.2 Å². The van der Waals surface area contributed by atoms with Crippen molar-refractivity contribution in [1.82, 2.24) is 10.3 Å². The molecular formula is C14H19Cl2N3OS. The Morgan fingerprint density at radius 3 is 2.67 bits per heavy atom. The lowest BCUT2D eigenvalue weighted by atomic mass is 10.1. The zero-order chi connectivity index (χ0) is 13.7. The molecule has 1 aromatic heterocycles. The first kappa shape index (κ1) is 19.7. The summed E-state index contributed by atoms with van der Waals surface area (Å²) < 4.78 is 0. The summed E-state index contributed by atoms with van der Waals surface area (Å²) >= 11 is 1.66. The fourth-order valence-electron chi connectivity index (χ4n) is 1.73. The van der Waals surface area contributed by atoms with Gasteiger partial charge in [0.25, 0.3) is 5.91 Å². The molecule has 116 valence electrons. The van der Waals surface area contributed by atoms with Gasteiger partial charge in [-0.15, -0.1) is 36.2 Å². The topological polar surface area (TPSA) is 68.0 Å². The maximum atomic E-state index is 11.9. The highest BCUT2D eigenvalue weighted by Gasteiger charge is 2.08. The molecule has 0 atom stereocenters. The van der Waals surface area contributed by atoms with E-state index in [9.17, 15) is 4.79 Å². The monoisotopic (exact) mass is 347 g/mol. The van der Waals surface area contributed by atoms with Crippen LogP contribution in [-0.4, -0.2) is 17.4 Å². The van der Waals surface area contributed by atoms with Crippen molar-refractivity contribution in [3.05, 3.63) is 45.9 Å². The summed E-state index contributed by atoms with van der Waals surface area (Å²) in [4.78, 5) is 16.4. The molecule has 0 aliphatic carbocycles. The van der Waals surface area contributed by atoms with Crippen LogP contribution in [0.5, 0.6) is 0 Å². The molecule has 1 heterocycles. The van der Waals surface area contributed by atoms with E-state index in [0.717, 1.165) is 23.5 Å². The number of nitrogens with two attached hydrogens (primary N) is 1. The third kappa shape index (κ3) is 5.53. The number of thiazole rings is 1. The molecule has 2 rings (SSSR count). The molecule has 0 saturated heterocycles. The number of para-hydroxylation sites is 1. The van der Waals surface area contributed by atoms with E-state index in [-0.39, 0.29) is 30.7 Å². The second-order valence-corrected chi connectivity index (χ2v) is 5.12. The maximum Gasteiger partial charge on any atom is 0.253 e. The Bertz CT molecular complexity index is 575. The SMILES string of the molecule is CCc1nc(CCNC(=O)c2ccccc2N)cs1.Cl.Cl. The number of nitrogen functional groups attached to an aromatic ring is 1. The van der Waals surface area contributed by atoms with Crippen molar-refractivity contribution < 1.29 is 4.79 Å². The van der Waals surface area contributed by atoms with Crippen LogP contribution in [-0.2, 0) is 12.8 Å². The average molecular weight is 348 g/mol. The number of hydrogen-bond donors (Lipinski definition) is 2. The summed E-state index contributed by atoms with van der Waals surface area (Å²) in [5, 5.41) is 6.04. The predicted molar refractivity (Wildman–Crippen MR) is 92.9 cm³/mol. The molecule has 2 aromatic rings. The molecule has 7 heteroatoms. The zero-order valence-corrected chi connectivity index (χ0v) is 14.1. The zero-order valence-electron chi connectivity index (χ0n) is 11.7. The molecule has 0 spiro atoms.